The van der Waals surface area contributed by atoms with E-state index in [1.54, 1.807) is 6.20 Å². The fraction of sp³-hybridized carbons (Fsp3) is 0.429. The van der Waals surface area contributed by atoms with E-state index >= 15 is 0 Å². The maximum Gasteiger partial charge on any atom is 0.151 e. The smallest absolute Gasteiger partial charge is 0.151 e. The second kappa shape index (κ2) is 9.94. The third kappa shape index (κ3) is 5.97. The molecule has 0 saturated heterocycles. The molecule has 0 fully saturated rings. The second-order valence-corrected chi connectivity index (χ2v) is 6.16. The van der Waals surface area contributed by atoms with E-state index in [2.05, 4.69) is 36.2 Å². The predicted molar refractivity (Wildman–Crippen MR) is 96.8 cm³/mol. The minimum Gasteiger partial charge on any atom is -0.298 e. The second-order valence-electron chi connectivity index (χ2n) is 6.16. The molecule has 2 heteroatoms. The standard InChI is InChI=1S/C21H27NO/c1-2-3-4-5-6-7-8-9-18-10-13-20(14-11-18)21-15-12-19(17-23)16-22-21/h10-17H,2-9H2,1H3. The number of carbonyl (C=O) groups excluding carboxylic acids is 1. The molecule has 0 saturated carbocycles. The van der Waals surface area contributed by atoms with Crippen molar-refractivity contribution < 1.29 is 4.79 Å². The summed E-state index contributed by atoms with van der Waals surface area (Å²) in [5.74, 6) is 0. The number of aryl methyl sites for hydroxylation is 1. The predicted octanol–water partition coefficient (Wildman–Crippen LogP) is 5.85. The van der Waals surface area contributed by atoms with Crippen LogP contribution < -0.4 is 0 Å². The Morgan fingerprint density at radius 3 is 2.17 bits per heavy atom. The zero-order chi connectivity index (χ0) is 16.3. The highest BCUT2D eigenvalue weighted by molar-refractivity contribution is 5.75. The van der Waals surface area contributed by atoms with E-state index in [-0.39, 0.29) is 0 Å². The van der Waals surface area contributed by atoms with Crippen molar-refractivity contribution in [2.45, 2.75) is 58.3 Å². The molecule has 0 N–H and O–H groups in total. The van der Waals surface area contributed by atoms with E-state index in [4.69, 9.17) is 0 Å². The van der Waals surface area contributed by atoms with Gasteiger partial charge < -0.3 is 0 Å². The van der Waals surface area contributed by atoms with Crippen molar-refractivity contribution in [3.63, 3.8) is 0 Å². The first-order valence-electron chi connectivity index (χ1n) is 8.84. The Morgan fingerprint density at radius 1 is 0.870 bits per heavy atom. The topological polar surface area (TPSA) is 30.0 Å². The number of aromatic nitrogens is 1. The molecule has 2 rings (SSSR count). The van der Waals surface area contributed by atoms with Gasteiger partial charge in [-0.25, -0.2) is 0 Å². The van der Waals surface area contributed by atoms with Crippen LogP contribution in [0.2, 0.25) is 0 Å². The van der Waals surface area contributed by atoms with E-state index in [1.165, 1.54) is 50.5 Å². The van der Waals surface area contributed by atoms with Crippen LogP contribution in [0.3, 0.4) is 0 Å². The Bertz CT molecular complexity index is 572. The molecule has 0 atom stereocenters. The third-order valence-corrected chi connectivity index (χ3v) is 4.24. The quantitative estimate of drug-likeness (QED) is 0.407. The van der Waals surface area contributed by atoms with Crippen LogP contribution in [0.1, 0.15) is 67.8 Å². The summed E-state index contributed by atoms with van der Waals surface area (Å²) in [4.78, 5) is 15.0. The Morgan fingerprint density at radius 2 is 1.57 bits per heavy atom. The molecule has 1 aromatic heterocycles. The van der Waals surface area contributed by atoms with Crippen molar-refractivity contribution in [3.8, 4) is 11.3 Å². The van der Waals surface area contributed by atoms with Gasteiger partial charge in [-0.1, -0.05) is 69.7 Å². The Hall–Kier alpha value is -1.96. The number of benzene rings is 1. The van der Waals surface area contributed by atoms with Gasteiger partial charge in [0, 0.05) is 17.3 Å². The van der Waals surface area contributed by atoms with Crippen LogP contribution in [-0.4, -0.2) is 11.3 Å². The molecule has 0 aliphatic heterocycles. The summed E-state index contributed by atoms with van der Waals surface area (Å²) in [6, 6.07) is 12.3. The molecule has 1 aromatic carbocycles. The number of pyridine rings is 1. The van der Waals surface area contributed by atoms with Crippen molar-refractivity contribution in [2.24, 2.45) is 0 Å². The summed E-state index contributed by atoms with van der Waals surface area (Å²) in [5.41, 5.74) is 4.03. The lowest BCUT2D eigenvalue weighted by Gasteiger charge is -2.05. The number of carbonyl (C=O) groups is 1. The molecule has 0 radical (unpaired) electrons. The van der Waals surface area contributed by atoms with Crippen molar-refractivity contribution in [2.75, 3.05) is 0 Å². The van der Waals surface area contributed by atoms with Gasteiger partial charge in [0.05, 0.1) is 5.69 Å². The lowest BCUT2D eigenvalue weighted by atomic mass is 10.0. The normalized spacial score (nSPS) is 10.7. The van der Waals surface area contributed by atoms with E-state index < -0.39 is 0 Å². The number of hydrogen-bond donors (Lipinski definition) is 0. The molecular formula is C21H27NO. The van der Waals surface area contributed by atoms with Gasteiger partial charge in [-0.05, 0) is 30.5 Å². The third-order valence-electron chi connectivity index (χ3n) is 4.24. The Balaban J connectivity index is 1.76. The summed E-state index contributed by atoms with van der Waals surface area (Å²) < 4.78 is 0. The highest BCUT2D eigenvalue weighted by Crippen LogP contribution is 2.19. The number of rotatable bonds is 10. The first kappa shape index (κ1) is 17.4. The van der Waals surface area contributed by atoms with Crippen molar-refractivity contribution >= 4 is 6.29 Å². The zero-order valence-corrected chi connectivity index (χ0v) is 14.1. The maximum atomic E-state index is 10.7. The SMILES string of the molecule is CCCCCCCCCc1ccc(-c2ccc(C=O)cn2)cc1. The summed E-state index contributed by atoms with van der Waals surface area (Å²) in [6.45, 7) is 2.26. The first-order chi connectivity index (χ1) is 11.3. The summed E-state index contributed by atoms with van der Waals surface area (Å²) in [7, 11) is 0. The summed E-state index contributed by atoms with van der Waals surface area (Å²) in [5, 5.41) is 0. The van der Waals surface area contributed by atoms with Gasteiger partial charge in [0.1, 0.15) is 0 Å². The monoisotopic (exact) mass is 309 g/mol. The van der Waals surface area contributed by atoms with E-state index in [9.17, 15) is 4.79 Å². The number of hydrogen-bond acceptors (Lipinski definition) is 2. The fourth-order valence-electron chi connectivity index (χ4n) is 2.77. The van der Waals surface area contributed by atoms with Gasteiger partial charge in [0.2, 0.25) is 0 Å². The molecule has 0 aliphatic rings. The average molecular weight is 309 g/mol. The molecule has 122 valence electrons. The molecular weight excluding hydrogens is 282 g/mol. The van der Waals surface area contributed by atoms with Crippen molar-refractivity contribution in [1.29, 1.82) is 0 Å². The highest BCUT2D eigenvalue weighted by Gasteiger charge is 2.00. The van der Waals surface area contributed by atoms with E-state index in [1.807, 2.05) is 12.1 Å². The molecule has 0 spiro atoms. The van der Waals surface area contributed by atoms with Crippen LogP contribution in [0, 0.1) is 0 Å². The van der Waals surface area contributed by atoms with Crippen LogP contribution in [0.15, 0.2) is 42.6 Å². The minimum atomic E-state index is 0.615. The van der Waals surface area contributed by atoms with Crippen LogP contribution in [0.4, 0.5) is 0 Å². The molecule has 0 aliphatic carbocycles. The van der Waals surface area contributed by atoms with Crippen LogP contribution in [0.25, 0.3) is 11.3 Å². The van der Waals surface area contributed by atoms with Gasteiger partial charge >= 0.3 is 0 Å². The zero-order valence-electron chi connectivity index (χ0n) is 14.1. The lowest BCUT2D eigenvalue weighted by molar-refractivity contribution is 0.112. The maximum absolute atomic E-state index is 10.7. The molecule has 1 heterocycles. The largest absolute Gasteiger partial charge is 0.298 e. The van der Waals surface area contributed by atoms with Gasteiger partial charge in [-0.2, -0.15) is 0 Å². The molecule has 0 unspecified atom stereocenters. The molecule has 2 nitrogen and oxygen atoms in total. The minimum absolute atomic E-state index is 0.615. The molecule has 0 bridgehead atoms. The van der Waals surface area contributed by atoms with E-state index in [0.717, 1.165) is 24.0 Å². The van der Waals surface area contributed by atoms with Gasteiger partial charge in [-0.3, -0.25) is 9.78 Å². The number of aldehydes is 1. The summed E-state index contributed by atoms with van der Waals surface area (Å²) >= 11 is 0. The number of nitrogens with zero attached hydrogens (tertiary/aromatic N) is 1. The first-order valence-corrected chi connectivity index (χ1v) is 8.84. The molecule has 2 aromatic rings. The van der Waals surface area contributed by atoms with Crippen LogP contribution in [0.5, 0.6) is 0 Å². The van der Waals surface area contributed by atoms with Gasteiger partial charge in [-0.15, -0.1) is 0 Å². The molecule has 0 amide bonds. The Labute approximate surface area is 140 Å². The summed E-state index contributed by atoms with van der Waals surface area (Å²) in [6.07, 6.45) is 13.0. The highest BCUT2D eigenvalue weighted by atomic mass is 16.1. The fourth-order valence-corrected chi connectivity index (χ4v) is 2.77. The average Bonchev–Trinajstić information content (AvgIpc) is 2.61. The van der Waals surface area contributed by atoms with Gasteiger partial charge in [0.15, 0.2) is 6.29 Å². The molecule has 23 heavy (non-hydrogen) atoms. The van der Waals surface area contributed by atoms with Crippen LogP contribution in [-0.2, 0) is 6.42 Å². The Kier molecular flexibility index (Phi) is 7.51. The van der Waals surface area contributed by atoms with Crippen molar-refractivity contribution in [1.82, 2.24) is 4.98 Å². The van der Waals surface area contributed by atoms with Gasteiger partial charge in [0.25, 0.3) is 0 Å². The lowest BCUT2D eigenvalue weighted by Crippen LogP contribution is -1.89. The number of unbranched alkanes of at least 4 members (excludes halogenated alkanes) is 6. The van der Waals surface area contributed by atoms with Crippen LogP contribution >= 0.6 is 0 Å². The van der Waals surface area contributed by atoms with Crippen molar-refractivity contribution in [3.05, 3.63) is 53.7 Å². The van der Waals surface area contributed by atoms with E-state index in [0.29, 0.717) is 5.56 Å².